The standard InChI is InChI=1S/C18H20N4O2S2/c23-26(24,15-6-7-16-17(12-15)20-18(25)19-16)22-10-8-21(9-11-22)13-14-4-2-1-3-5-14/h1-7,12H,8-11,13H2,(H2,19,20,25). The lowest BCUT2D eigenvalue weighted by Crippen LogP contribution is -2.48. The minimum Gasteiger partial charge on any atom is -0.331 e. The summed E-state index contributed by atoms with van der Waals surface area (Å²) in [6.45, 7) is 3.29. The molecule has 3 aromatic rings. The van der Waals surface area contributed by atoms with Crippen molar-refractivity contribution in [3.05, 3.63) is 58.9 Å². The second-order valence-corrected chi connectivity index (χ2v) is 8.80. The molecule has 26 heavy (non-hydrogen) atoms. The van der Waals surface area contributed by atoms with Crippen molar-refractivity contribution in [2.45, 2.75) is 11.4 Å². The highest BCUT2D eigenvalue weighted by atomic mass is 32.2. The van der Waals surface area contributed by atoms with Crippen LogP contribution < -0.4 is 0 Å². The third-order valence-electron chi connectivity index (χ3n) is 4.71. The molecule has 0 spiro atoms. The summed E-state index contributed by atoms with van der Waals surface area (Å²) in [5.74, 6) is 0. The number of fused-ring (bicyclic) bond motifs is 1. The van der Waals surface area contributed by atoms with E-state index >= 15 is 0 Å². The number of aromatic nitrogens is 2. The van der Waals surface area contributed by atoms with Gasteiger partial charge in [-0.25, -0.2) is 8.42 Å². The zero-order valence-corrected chi connectivity index (χ0v) is 15.8. The average molecular weight is 389 g/mol. The van der Waals surface area contributed by atoms with Crippen LogP contribution in [0.25, 0.3) is 11.0 Å². The van der Waals surface area contributed by atoms with Crippen molar-refractivity contribution < 1.29 is 8.42 Å². The molecule has 0 bridgehead atoms. The van der Waals surface area contributed by atoms with Gasteiger partial charge in [-0.05, 0) is 36.0 Å². The number of imidazole rings is 1. The Labute approximate surface area is 157 Å². The van der Waals surface area contributed by atoms with E-state index in [9.17, 15) is 8.42 Å². The summed E-state index contributed by atoms with van der Waals surface area (Å²) in [6, 6.07) is 15.3. The summed E-state index contributed by atoms with van der Waals surface area (Å²) in [6.07, 6.45) is 0. The lowest BCUT2D eigenvalue weighted by atomic mass is 10.2. The second-order valence-electron chi connectivity index (χ2n) is 6.45. The summed E-state index contributed by atoms with van der Waals surface area (Å²) in [4.78, 5) is 8.55. The highest BCUT2D eigenvalue weighted by molar-refractivity contribution is 7.89. The molecule has 0 radical (unpaired) electrons. The van der Waals surface area contributed by atoms with Crippen molar-refractivity contribution in [2.24, 2.45) is 0 Å². The number of hydrogen-bond donors (Lipinski definition) is 2. The molecule has 4 rings (SSSR count). The number of aromatic amines is 2. The fourth-order valence-corrected chi connectivity index (χ4v) is 4.96. The molecule has 136 valence electrons. The van der Waals surface area contributed by atoms with E-state index in [1.165, 1.54) is 5.56 Å². The number of hydrogen-bond acceptors (Lipinski definition) is 4. The fourth-order valence-electron chi connectivity index (χ4n) is 3.29. The Balaban J connectivity index is 1.47. The van der Waals surface area contributed by atoms with Gasteiger partial charge in [-0.2, -0.15) is 4.31 Å². The lowest BCUT2D eigenvalue weighted by molar-refractivity contribution is 0.181. The van der Waals surface area contributed by atoms with Gasteiger partial charge >= 0.3 is 0 Å². The topological polar surface area (TPSA) is 72.2 Å². The van der Waals surface area contributed by atoms with Crippen LogP contribution >= 0.6 is 12.2 Å². The molecule has 0 unspecified atom stereocenters. The molecule has 8 heteroatoms. The zero-order chi connectivity index (χ0) is 18.1. The molecule has 0 saturated carbocycles. The number of sulfonamides is 1. The maximum Gasteiger partial charge on any atom is 0.243 e. The minimum absolute atomic E-state index is 0.298. The molecule has 0 atom stereocenters. The van der Waals surface area contributed by atoms with Crippen molar-refractivity contribution in [3.8, 4) is 0 Å². The number of H-pyrrole nitrogens is 2. The molecule has 1 aromatic heterocycles. The molecule has 2 heterocycles. The average Bonchev–Trinajstić information content (AvgIpc) is 3.02. The number of rotatable bonds is 4. The van der Waals surface area contributed by atoms with Crippen LogP contribution in [0.15, 0.2) is 53.4 Å². The number of nitrogens with zero attached hydrogens (tertiary/aromatic N) is 2. The van der Waals surface area contributed by atoms with Gasteiger partial charge in [0.15, 0.2) is 4.77 Å². The molecule has 2 aromatic carbocycles. The van der Waals surface area contributed by atoms with Gasteiger partial charge in [0.2, 0.25) is 10.0 Å². The SMILES string of the molecule is O=S(=O)(c1ccc2[nH]c(=S)[nH]c2c1)N1CCN(Cc2ccccc2)CC1. The van der Waals surface area contributed by atoms with E-state index in [1.807, 2.05) is 18.2 Å². The Morgan fingerprint density at radius 2 is 1.62 bits per heavy atom. The van der Waals surface area contributed by atoms with Crippen LogP contribution in [0.2, 0.25) is 0 Å². The van der Waals surface area contributed by atoms with Crippen LogP contribution in [0.3, 0.4) is 0 Å². The van der Waals surface area contributed by atoms with Gasteiger partial charge in [-0.3, -0.25) is 4.90 Å². The van der Waals surface area contributed by atoms with Crippen LogP contribution in [0, 0.1) is 4.77 Å². The van der Waals surface area contributed by atoms with E-state index < -0.39 is 10.0 Å². The Morgan fingerprint density at radius 1 is 0.923 bits per heavy atom. The first-order chi connectivity index (χ1) is 12.5. The van der Waals surface area contributed by atoms with Gasteiger partial charge in [0, 0.05) is 32.7 Å². The van der Waals surface area contributed by atoms with Gasteiger partial charge in [-0.1, -0.05) is 30.3 Å². The summed E-state index contributed by atoms with van der Waals surface area (Å²) < 4.78 is 28.0. The third kappa shape index (κ3) is 3.45. The van der Waals surface area contributed by atoms with Crippen molar-refractivity contribution in [3.63, 3.8) is 0 Å². The Hall–Kier alpha value is -2.00. The molecular formula is C18H20N4O2S2. The molecule has 1 fully saturated rings. The molecule has 1 aliphatic rings. The highest BCUT2D eigenvalue weighted by Crippen LogP contribution is 2.21. The monoisotopic (exact) mass is 388 g/mol. The summed E-state index contributed by atoms with van der Waals surface area (Å²) >= 11 is 5.06. The number of piperazine rings is 1. The Kier molecular flexibility index (Phi) is 4.66. The normalized spacial score (nSPS) is 16.9. The van der Waals surface area contributed by atoms with Gasteiger partial charge in [0.25, 0.3) is 0 Å². The van der Waals surface area contributed by atoms with E-state index in [2.05, 4.69) is 27.0 Å². The van der Waals surface area contributed by atoms with E-state index in [0.717, 1.165) is 25.2 Å². The predicted octanol–water partition coefficient (Wildman–Crippen LogP) is 2.73. The van der Waals surface area contributed by atoms with Crippen LogP contribution in [-0.4, -0.2) is 53.8 Å². The lowest BCUT2D eigenvalue weighted by Gasteiger charge is -2.34. The van der Waals surface area contributed by atoms with Crippen molar-refractivity contribution in [2.75, 3.05) is 26.2 Å². The van der Waals surface area contributed by atoms with Gasteiger partial charge in [-0.15, -0.1) is 0 Å². The molecule has 1 saturated heterocycles. The first-order valence-corrected chi connectivity index (χ1v) is 10.4. The highest BCUT2D eigenvalue weighted by Gasteiger charge is 2.28. The van der Waals surface area contributed by atoms with Crippen LogP contribution in [0.4, 0.5) is 0 Å². The van der Waals surface area contributed by atoms with Crippen LogP contribution in [0.5, 0.6) is 0 Å². The van der Waals surface area contributed by atoms with Crippen LogP contribution in [-0.2, 0) is 16.6 Å². The summed E-state index contributed by atoms with van der Waals surface area (Å²) in [5.41, 5.74) is 2.76. The summed E-state index contributed by atoms with van der Waals surface area (Å²) in [5, 5.41) is 0. The zero-order valence-electron chi connectivity index (χ0n) is 14.2. The van der Waals surface area contributed by atoms with Gasteiger partial charge in [0.05, 0.1) is 15.9 Å². The largest absolute Gasteiger partial charge is 0.331 e. The Morgan fingerprint density at radius 3 is 2.35 bits per heavy atom. The molecule has 0 aliphatic carbocycles. The van der Waals surface area contributed by atoms with Crippen molar-refractivity contribution in [1.82, 2.24) is 19.2 Å². The van der Waals surface area contributed by atoms with Crippen molar-refractivity contribution >= 4 is 33.3 Å². The Bertz CT molecular complexity index is 1070. The molecular weight excluding hydrogens is 368 g/mol. The number of nitrogens with one attached hydrogen (secondary N) is 2. The fraction of sp³-hybridized carbons (Fsp3) is 0.278. The van der Waals surface area contributed by atoms with E-state index in [0.29, 0.717) is 28.3 Å². The predicted molar refractivity (Wildman–Crippen MR) is 104 cm³/mol. The van der Waals surface area contributed by atoms with Gasteiger partial charge in [0.1, 0.15) is 0 Å². The maximum absolute atomic E-state index is 13.0. The third-order valence-corrected chi connectivity index (χ3v) is 6.80. The van der Waals surface area contributed by atoms with Crippen molar-refractivity contribution in [1.29, 1.82) is 0 Å². The van der Waals surface area contributed by atoms with Crippen LogP contribution in [0.1, 0.15) is 5.56 Å². The molecule has 1 aliphatic heterocycles. The first kappa shape index (κ1) is 17.4. The molecule has 2 N–H and O–H groups in total. The number of benzene rings is 2. The van der Waals surface area contributed by atoms with E-state index in [4.69, 9.17) is 12.2 Å². The maximum atomic E-state index is 13.0. The van der Waals surface area contributed by atoms with E-state index in [-0.39, 0.29) is 0 Å². The quantitative estimate of drug-likeness (QED) is 0.674. The smallest absolute Gasteiger partial charge is 0.243 e. The summed E-state index contributed by atoms with van der Waals surface area (Å²) in [7, 11) is -3.50. The van der Waals surface area contributed by atoms with E-state index in [1.54, 1.807) is 22.5 Å². The first-order valence-electron chi connectivity index (χ1n) is 8.51. The molecule has 6 nitrogen and oxygen atoms in total. The molecule has 0 amide bonds. The minimum atomic E-state index is -3.50. The van der Waals surface area contributed by atoms with Gasteiger partial charge < -0.3 is 9.97 Å². The second kappa shape index (κ2) is 6.96.